The number of carbonyl (C=O) groups is 2. The number of ketones is 1. The van der Waals surface area contributed by atoms with Gasteiger partial charge in [0.25, 0.3) is 0 Å². The molecule has 0 bridgehead atoms. The molecule has 0 aromatic carbocycles. The van der Waals surface area contributed by atoms with Crippen molar-refractivity contribution in [2.45, 2.75) is 26.7 Å². The number of nitrogens with two attached hydrogens (primary N) is 1. The Morgan fingerprint density at radius 1 is 1.33 bits per heavy atom. The van der Waals surface area contributed by atoms with Crippen molar-refractivity contribution < 1.29 is 9.59 Å². The lowest BCUT2D eigenvalue weighted by Crippen LogP contribution is -2.21. The van der Waals surface area contributed by atoms with E-state index in [-0.39, 0.29) is 18.1 Å². The summed E-state index contributed by atoms with van der Waals surface area (Å²) in [6.45, 7) is 6.98. The Balaban J connectivity index is 4.14. The minimum atomic E-state index is -0.434. The third-order valence-electron chi connectivity index (χ3n) is 1.62. The van der Waals surface area contributed by atoms with Gasteiger partial charge >= 0.3 is 0 Å². The van der Waals surface area contributed by atoms with Crippen LogP contribution in [0.1, 0.15) is 26.7 Å². The van der Waals surface area contributed by atoms with Crippen molar-refractivity contribution in [1.82, 2.24) is 0 Å². The summed E-state index contributed by atoms with van der Waals surface area (Å²) in [5.74, 6) is -0.715. The van der Waals surface area contributed by atoms with E-state index < -0.39 is 5.91 Å². The fourth-order valence-electron chi connectivity index (χ4n) is 1.02. The van der Waals surface area contributed by atoms with Gasteiger partial charge in [-0.3, -0.25) is 9.59 Å². The Morgan fingerprint density at radius 3 is 2.08 bits per heavy atom. The van der Waals surface area contributed by atoms with E-state index in [0.717, 1.165) is 5.57 Å². The summed E-state index contributed by atoms with van der Waals surface area (Å²) in [7, 11) is 0. The number of Topliss-reactive ketones (excluding diaryl/α,β-unsaturated/α-hetero) is 1. The van der Waals surface area contributed by atoms with E-state index in [1.165, 1.54) is 6.92 Å². The zero-order valence-electron chi connectivity index (χ0n) is 7.59. The highest BCUT2D eigenvalue weighted by molar-refractivity contribution is 5.85. The van der Waals surface area contributed by atoms with Crippen LogP contribution in [0, 0.1) is 5.92 Å². The zero-order valence-corrected chi connectivity index (χ0v) is 7.59. The first-order valence-electron chi connectivity index (χ1n) is 3.86. The van der Waals surface area contributed by atoms with E-state index in [9.17, 15) is 9.59 Å². The maximum Gasteiger partial charge on any atom is 0.218 e. The van der Waals surface area contributed by atoms with Crippen molar-refractivity contribution in [2.75, 3.05) is 0 Å². The lowest BCUT2D eigenvalue weighted by atomic mass is 9.94. The van der Waals surface area contributed by atoms with Crippen LogP contribution in [0.5, 0.6) is 0 Å². The van der Waals surface area contributed by atoms with Gasteiger partial charge in [-0.25, -0.2) is 0 Å². The van der Waals surface area contributed by atoms with Crippen molar-refractivity contribution in [2.24, 2.45) is 11.7 Å². The van der Waals surface area contributed by atoms with Crippen LogP contribution in [-0.2, 0) is 9.59 Å². The first-order chi connectivity index (χ1) is 5.43. The smallest absolute Gasteiger partial charge is 0.218 e. The average Bonchev–Trinajstić information content (AvgIpc) is 1.83. The molecule has 3 heteroatoms. The van der Waals surface area contributed by atoms with Crippen molar-refractivity contribution in [3.05, 3.63) is 12.2 Å². The first kappa shape index (κ1) is 10.9. The molecule has 0 aliphatic rings. The third kappa shape index (κ3) is 4.66. The molecule has 1 amide bonds. The number of amides is 1. The Labute approximate surface area is 72.6 Å². The summed E-state index contributed by atoms with van der Waals surface area (Å²) >= 11 is 0. The normalized spacial score (nSPS) is 12.2. The highest BCUT2D eigenvalue weighted by Gasteiger charge is 2.16. The molecule has 0 spiro atoms. The van der Waals surface area contributed by atoms with Gasteiger partial charge in [0, 0.05) is 12.3 Å². The summed E-state index contributed by atoms with van der Waals surface area (Å²) in [6.07, 6.45) is 0.681. The minimum absolute atomic E-state index is 0.00296. The van der Waals surface area contributed by atoms with E-state index in [0.29, 0.717) is 6.42 Å². The lowest BCUT2D eigenvalue weighted by molar-refractivity contribution is -0.126. The van der Waals surface area contributed by atoms with Crippen LogP contribution < -0.4 is 5.73 Å². The largest absolute Gasteiger partial charge is 0.370 e. The van der Waals surface area contributed by atoms with Crippen LogP contribution in [0.15, 0.2) is 12.2 Å². The van der Waals surface area contributed by atoms with E-state index >= 15 is 0 Å². The summed E-state index contributed by atoms with van der Waals surface area (Å²) in [5, 5.41) is 0. The van der Waals surface area contributed by atoms with Crippen LogP contribution in [0.3, 0.4) is 0 Å². The quantitative estimate of drug-likeness (QED) is 0.625. The molecule has 2 N–H and O–H groups in total. The van der Waals surface area contributed by atoms with Crippen molar-refractivity contribution >= 4 is 11.7 Å². The fraction of sp³-hybridized carbons (Fsp3) is 0.556. The molecule has 0 aromatic heterocycles. The lowest BCUT2D eigenvalue weighted by Gasteiger charge is -2.10. The van der Waals surface area contributed by atoms with Crippen LogP contribution >= 0.6 is 0 Å². The van der Waals surface area contributed by atoms with Gasteiger partial charge in [-0.05, 0) is 20.3 Å². The number of rotatable bonds is 5. The van der Waals surface area contributed by atoms with Gasteiger partial charge in [0.2, 0.25) is 5.91 Å². The molecule has 0 aliphatic heterocycles. The highest BCUT2D eigenvalue weighted by Crippen LogP contribution is 2.14. The Kier molecular flexibility index (Phi) is 4.26. The van der Waals surface area contributed by atoms with E-state index in [1.807, 2.05) is 6.92 Å². The molecule has 0 saturated carbocycles. The number of primary amides is 1. The van der Waals surface area contributed by atoms with Crippen molar-refractivity contribution in [3.63, 3.8) is 0 Å². The number of allylic oxidation sites excluding steroid dienone is 1. The van der Waals surface area contributed by atoms with Gasteiger partial charge in [-0.1, -0.05) is 5.57 Å². The second kappa shape index (κ2) is 4.70. The molecule has 0 aromatic rings. The predicted molar refractivity (Wildman–Crippen MR) is 47.4 cm³/mol. The van der Waals surface area contributed by atoms with Gasteiger partial charge in [0.05, 0.1) is 0 Å². The monoisotopic (exact) mass is 169 g/mol. The minimum Gasteiger partial charge on any atom is -0.370 e. The van der Waals surface area contributed by atoms with Crippen LogP contribution in [0.2, 0.25) is 0 Å². The van der Waals surface area contributed by atoms with E-state index in [1.54, 1.807) is 0 Å². The molecule has 1 atom stereocenters. The molecule has 0 fully saturated rings. The summed E-state index contributed by atoms with van der Waals surface area (Å²) < 4.78 is 0. The first-order valence-corrected chi connectivity index (χ1v) is 3.86. The number of hydrogen-bond donors (Lipinski definition) is 1. The SMILES string of the molecule is C=C(C)C[C@H](CC(N)=O)C(C)=O. The van der Waals surface area contributed by atoms with Crippen LogP contribution in [0.25, 0.3) is 0 Å². The molecule has 0 aliphatic carbocycles. The topological polar surface area (TPSA) is 60.2 Å². The summed E-state index contributed by atoms with van der Waals surface area (Å²) in [5.41, 5.74) is 5.89. The van der Waals surface area contributed by atoms with Gasteiger partial charge < -0.3 is 5.73 Å². The second-order valence-electron chi connectivity index (χ2n) is 3.14. The maximum absolute atomic E-state index is 11.0. The number of hydrogen-bond acceptors (Lipinski definition) is 2. The third-order valence-corrected chi connectivity index (χ3v) is 1.62. The van der Waals surface area contributed by atoms with Crippen molar-refractivity contribution in [3.8, 4) is 0 Å². The maximum atomic E-state index is 11.0. The molecule has 3 nitrogen and oxygen atoms in total. The molecule has 68 valence electrons. The molecule has 0 unspecified atom stereocenters. The molecule has 12 heavy (non-hydrogen) atoms. The summed E-state index contributed by atoms with van der Waals surface area (Å²) in [4.78, 5) is 21.5. The van der Waals surface area contributed by atoms with Gasteiger partial charge in [0.1, 0.15) is 5.78 Å². The number of carbonyl (C=O) groups excluding carboxylic acids is 2. The molecule has 0 heterocycles. The Morgan fingerprint density at radius 2 is 1.83 bits per heavy atom. The van der Waals surface area contributed by atoms with Gasteiger partial charge in [-0.15, -0.1) is 6.58 Å². The Bertz CT molecular complexity index is 193. The van der Waals surface area contributed by atoms with Crippen LogP contribution in [0.4, 0.5) is 0 Å². The van der Waals surface area contributed by atoms with Crippen molar-refractivity contribution in [1.29, 1.82) is 0 Å². The fourth-order valence-corrected chi connectivity index (χ4v) is 1.02. The molecule has 0 rings (SSSR count). The summed E-state index contributed by atoms with van der Waals surface area (Å²) in [6, 6.07) is 0. The standard InChI is InChI=1S/C9H15NO2/c1-6(2)4-8(7(3)11)5-9(10)12/h8H,1,4-5H2,2-3H3,(H2,10,12)/t8-/m1/s1. The Hall–Kier alpha value is -1.12. The average molecular weight is 169 g/mol. The zero-order chi connectivity index (χ0) is 9.72. The van der Waals surface area contributed by atoms with E-state index in [2.05, 4.69) is 6.58 Å². The molecule has 0 radical (unpaired) electrons. The molecular weight excluding hydrogens is 154 g/mol. The van der Waals surface area contributed by atoms with E-state index in [4.69, 9.17) is 5.73 Å². The van der Waals surface area contributed by atoms with Crippen LogP contribution in [-0.4, -0.2) is 11.7 Å². The highest BCUT2D eigenvalue weighted by atomic mass is 16.1. The second-order valence-corrected chi connectivity index (χ2v) is 3.14. The molecular formula is C9H15NO2. The van der Waals surface area contributed by atoms with Gasteiger partial charge in [0.15, 0.2) is 0 Å². The van der Waals surface area contributed by atoms with Gasteiger partial charge in [-0.2, -0.15) is 0 Å². The molecule has 0 saturated heterocycles. The predicted octanol–water partition coefficient (Wildman–Crippen LogP) is 1.03.